The van der Waals surface area contributed by atoms with Crippen molar-refractivity contribution in [1.82, 2.24) is 24.8 Å². The molecular formula is C22H25N5O2. The number of pyridine rings is 1. The van der Waals surface area contributed by atoms with E-state index in [2.05, 4.69) is 27.4 Å². The van der Waals surface area contributed by atoms with Gasteiger partial charge in [-0.3, -0.25) is 9.59 Å². The minimum atomic E-state index is -0.161. The average Bonchev–Trinajstić information content (AvgIpc) is 3.35. The Bertz CT molecular complexity index is 999. The van der Waals surface area contributed by atoms with Crippen molar-refractivity contribution in [3.63, 3.8) is 0 Å². The van der Waals surface area contributed by atoms with Gasteiger partial charge in [-0.15, -0.1) is 0 Å². The number of aromatic nitrogens is 3. The Balaban J connectivity index is 1.31. The van der Waals surface area contributed by atoms with Gasteiger partial charge in [-0.25, -0.2) is 9.97 Å². The molecule has 150 valence electrons. The molecule has 0 unspecified atom stereocenters. The molecule has 0 saturated carbocycles. The zero-order valence-corrected chi connectivity index (χ0v) is 16.4. The summed E-state index contributed by atoms with van der Waals surface area (Å²) in [4.78, 5) is 34.7. The van der Waals surface area contributed by atoms with Crippen LogP contribution in [0.4, 0.5) is 0 Å². The van der Waals surface area contributed by atoms with Gasteiger partial charge in [-0.1, -0.05) is 30.3 Å². The van der Waals surface area contributed by atoms with E-state index in [9.17, 15) is 9.59 Å². The lowest BCUT2D eigenvalue weighted by molar-refractivity contribution is -0.127. The third-order valence-corrected chi connectivity index (χ3v) is 5.26. The Morgan fingerprint density at radius 1 is 1.14 bits per heavy atom. The Morgan fingerprint density at radius 3 is 2.79 bits per heavy atom. The molecule has 2 aromatic heterocycles. The van der Waals surface area contributed by atoms with Crippen LogP contribution in [0.5, 0.6) is 0 Å². The first-order valence-electron chi connectivity index (χ1n) is 10.1. The van der Waals surface area contributed by atoms with Crippen LogP contribution in [-0.4, -0.2) is 50.9 Å². The summed E-state index contributed by atoms with van der Waals surface area (Å²) >= 11 is 0. The molecule has 1 aliphatic rings. The van der Waals surface area contributed by atoms with Gasteiger partial charge in [0.2, 0.25) is 5.91 Å². The van der Waals surface area contributed by atoms with Crippen molar-refractivity contribution in [2.75, 3.05) is 19.6 Å². The molecule has 0 atom stereocenters. The van der Waals surface area contributed by atoms with Crippen LogP contribution in [0.15, 0.2) is 48.9 Å². The van der Waals surface area contributed by atoms with Crippen LogP contribution >= 0.6 is 0 Å². The van der Waals surface area contributed by atoms with E-state index in [-0.39, 0.29) is 11.8 Å². The predicted molar refractivity (Wildman–Crippen MR) is 110 cm³/mol. The van der Waals surface area contributed by atoms with E-state index in [1.54, 1.807) is 18.6 Å². The highest BCUT2D eigenvalue weighted by Gasteiger charge is 2.19. The number of fused-ring (bicyclic) bond motifs is 1. The van der Waals surface area contributed by atoms with Crippen molar-refractivity contribution in [3.8, 4) is 0 Å². The number of imidazole rings is 1. The molecule has 1 fully saturated rings. The number of hydrogen-bond donors (Lipinski definition) is 1. The fraction of sp³-hybridized carbons (Fsp3) is 0.364. The van der Waals surface area contributed by atoms with E-state index >= 15 is 0 Å². The fourth-order valence-electron chi connectivity index (χ4n) is 3.65. The van der Waals surface area contributed by atoms with E-state index in [1.165, 1.54) is 5.56 Å². The summed E-state index contributed by atoms with van der Waals surface area (Å²) in [5, 5.41) is 2.90. The Hall–Kier alpha value is -3.22. The van der Waals surface area contributed by atoms with Crippen molar-refractivity contribution >= 4 is 23.0 Å². The van der Waals surface area contributed by atoms with E-state index in [4.69, 9.17) is 0 Å². The number of rotatable bonds is 8. The van der Waals surface area contributed by atoms with Gasteiger partial charge in [0.15, 0.2) is 5.65 Å². The summed E-state index contributed by atoms with van der Waals surface area (Å²) in [7, 11) is 0. The minimum Gasteiger partial charge on any atom is -0.352 e. The van der Waals surface area contributed by atoms with Crippen molar-refractivity contribution < 1.29 is 9.59 Å². The standard InChI is InChI=1S/C22H25N5O2/c28-20-8-4-11-26(20)12-5-10-23-22(29)18-14-19-21(24-15-18)27(16-25-19)13-9-17-6-2-1-3-7-17/h1-3,6-7,14-16H,4-5,8-13H2,(H,23,29). The summed E-state index contributed by atoms with van der Waals surface area (Å²) < 4.78 is 2.01. The molecule has 0 aliphatic carbocycles. The van der Waals surface area contributed by atoms with Crippen LogP contribution in [0.2, 0.25) is 0 Å². The second kappa shape index (κ2) is 8.86. The van der Waals surface area contributed by atoms with Crippen molar-refractivity contribution in [1.29, 1.82) is 0 Å². The van der Waals surface area contributed by atoms with E-state index in [1.807, 2.05) is 27.7 Å². The zero-order valence-electron chi connectivity index (χ0n) is 16.4. The van der Waals surface area contributed by atoms with Crippen molar-refractivity contribution in [2.45, 2.75) is 32.2 Å². The van der Waals surface area contributed by atoms with Crippen molar-refractivity contribution in [3.05, 3.63) is 60.0 Å². The SMILES string of the molecule is O=C(NCCCN1CCCC1=O)c1cnc2c(c1)ncn2CCc1ccccc1. The summed E-state index contributed by atoms with van der Waals surface area (Å²) in [5.74, 6) is 0.0554. The highest BCUT2D eigenvalue weighted by Crippen LogP contribution is 2.13. The lowest BCUT2D eigenvalue weighted by Crippen LogP contribution is -2.30. The first-order valence-corrected chi connectivity index (χ1v) is 10.1. The molecule has 29 heavy (non-hydrogen) atoms. The molecule has 1 saturated heterocycles. The number of aryl methyl sites for hydroxylation is 2. The van der Waals surface area contributed by atoms with Crippen LogP contribution in [-0.2, 0) is 17.8 Å². The normalized spacial score (nSPS) is 13.9. The predicted octanol–water partition coefficient (Wildman–Crippen LogP) is 2.42. The number of carbonyl (C=O) groups excluding carboxylic acids is 2. The minimum absolute atomic E-state index is 0.161. The highest BCUT2D eigenvalue weighted by molar-refractivity contribution is 5.96. The number of nitrogens with zero attached hydrogens (tertiary/aromatic N) is 4. The van der Waals surface area contributed by atoms with E-state index < -0.39 is 0 Å². The van der Waals surface area contributed by atoms with Crippen molar-refractivity contribution in [2.24, 2.45) is 0 Å². The third kappa shape index (κ3) is 4.62. The maximum absolute atomic E-state index is 12.4. The summed E-state index contributed by atoms with van der Waals surface area (Å²) in [6.45, 7) is 2.85. The van der Waals surface area contributed by atoms with Gasteiger partial charge in [-0.2, -0.15) is 0 Å². The van der Waals surface area contributed by atoms with E-state index in [0.717, 1.165) is 38.0 Å². The van der Waals surface area contributed by atoms with E-state index in [0.29, 0.717) is 30.6 Å². The van der Waals surface area contributed by atoms with Gasteiger partial charge in [-0.05, 0) is 30.9 Å². The summed E-state index contributed by atoms with van der Waals surface area (Å²) in [6.07, 6.45) is 6.61. The molecule has 1 aliphatic heterocycles. The Labute approximate surface area is 169 Å². The topological polar surface area (TPSA) is 80.1 Å². The van der Waals surface area contributed by atoms with Gasteiger partial charge in [0.25, 0.3) is 5.91 Å². The monoisotopic (exact) mass is 391 g/mol. The van der Waals surface area contributed by atoms with Gasteiger partial charge in [0.05, 0.1) is 11.9 Å². The number of nitrogens with one attached hydrogen (secondary N) is 1. The van der Waals surface area contributed by atoms with Gasteiger partial charge in [0, 0.05) is 38.8 Å². The number of hydrogen-bond acceptors (Lipinski definition) is 4. The molecule has 7 heteroatoms. The molecule has 7 nitrogen and oxygen atoms in total. The van der Waals surface area contributed by atoms with Crippen LogP contribution < -0.4 is 5.32 Å². The van der Waals surface area contributed by atoms with Crippen LogP contribution in [0.25, 0.3) is 11.2 Å². The largest absolute Gasteiger partial charge is 0.352 e. The molecule has 3 aromatic rings. The number of likely N-dealkylation sites (tertiary alicyclic amines) is 1. The number of amides is 2. The second-order valence-corrected chi connectivity index (χ2v) is 7.33. The third-order valence-electron chi connectivity index (χ3n) is 5.26. The summed E-state index contributed by atoms with van der Waals surface area (Å²) in [6, 6.07) is 12.1. The number of carbonyl (C=O) groups is 2. The van der Waals surface area contributed by atoms with Gasteiger partial charge >= 0.3 is 0 Å². The number of benzene rings is 1. The zero-order chi connectivity index (χ0) is 20.1. The molecule has 1 aromatic carbocycles. The molecule has 0 radical (unpaired) electrons. The first-order chi connectivity index (χ1) is 14.2. The fourth-order valence-corrected chi connectivity index (χ4v) is 3.65. The second-order valence-electron chi connectivity index (χ2n) is 7.33. The van der Waals surface area contributed by atoms with Gasteiger partial charge < -0.3 is 14.8 Å². The lowest BCUT2D eigenvalue weighted by atomic mass is 10.1. The molecular weight excluding hydrogens is 366 g/mol. The Kier molecular flexibility index (Phi) is 5.84. The Morgan fingerprint density at radius 2 is 2.00 bits per heavy atom. The molecule has 4 rings (SSSR count). The molecule has 0 spiro atoms. The lowest BCUT2D eigenvalue weighted by Gasteiger charge is -2.15. The highest BCUT2D eigenvalue weighted by atomic mass is 16.2. The summed E-state index contributed by atoms with van der Waals surface area (Å²) in [5.41, 5.74) is 3.27. The molecule has 1 N–H and O–H groups in total. The van der Waals surface area contributed by atoms with Crippen LogP contribution in [0.1, 0.15) is 35.2 Å². The smallest absolute Gasteiger partial charge is 0.252 e. The van der Waals surface area contributed by atoms with Gasteiger partial charge in [0.1, 0.15) is 5.52 Å². The van der Waals surface area contributed by atoms with Crippen LogP contribution in [0.3, 0.4) is 0 Å². The van der Waals surface area contributed by atoms with Crippen LogP contribution in [0, 0.1) is 0 Å². The first kappa shape index (κ1) is 19.1. The molecule has 0 bridgehead atoms. The molecule has 2 amide bonds. The average molecular weight is 391 g/mol. The maximum atomic E-state index is 12.4. The maximum Gasteiger partial charge on any atom is 0.252 e. The molecule has 3 heterocycles. The quantitative estimate of drug-likeness (QED) is 0.598.